The molecule has 0 spiro atoms. The zero-order valence-electron chi connectivity index (χ0n) is 28.0. The van der Waals surface area contributed by atoms with Gasteiger partial charge in [0.25, 0.3) is 0 Å². The van der Waals surface area contributed by atoms with E-state index < -0.39 is 0 Å². The first-order valence-corrected chi connectivity index (χ1v) is 16.6. The number of phenols is 4. The number of allylic oxidation sites excluding steroid dienone is 6. The smallest absolute Gasteiger partial charge is 0.123 e. The minimum Gasteiger partial charge on any atom is -0.507 e. The third kappa shape index (κ3) is 8.83. The van der Waals surface area contributed by atoms with Crippen molar-refractivity contribution in [2.45, 2.75) is 118 Å². The lowest BCUT2D eigenvalue weighted by molar-refractivity contribution is 0.405. The molecule has 0 aliphatic heterocycles. The van der Waals surface area contributed by atoms with E-state index in [0.717, 1.165) is 73.6 Å². The predicted molar refractivity (Wildman–Crippen MR) is 185 cm³/mol. The van der Waals surface area contributed by atoms with Gasteiger partial charge in [0.2, 0.25) is 0 Å². The molecule has 0 aromatic heterocycles. The van der Waals surface area contributed by atoms with Crippen LogP contribution in [0.25, 0.3) is 0 Å². The maximum absolute atomic E-state index is 10.5. The van der Waals surface area contributed by atoms with E-state index in [0.29, 0.717) is 11.1 Å². The Balaban J connectivity index is 0.000000241. The van der Waals surface area contributed by atoms with E-state index in [1.165, 1.54) is 24.0 Å². The van der Waals surface area contributed by atoms with E-state index >= 15 is 0 Å². The summed E-state index contributed by atoms with van der Waals surface area (Å²) < 4.78 is 0. The molecule has 2 aromatic rings. The molecule has 2 aliphatic rings. The van der Waals surface area contributed by atoms with Crippen molar-refractivity contribution in [2.75, 3.05) is 0 Å². The second-order valence-electron chi connectivity index (χ2n) is 13.4. The first kappa shape index (κ1) is 35.1. The summed E-state index contributed by atoms with van der Waals surface area (Å²) in [6, 6.07) is 7.26. The largest absolute Gasteiger partial charge is 0.507 e. The molecular formula is C40H56O4. The molecule has 0 radical (unpaired) electrons. The van der Waals surface area contributed by atoms with Crippen molar-refractivity contribution in [1.29, 1.82) is 0 Å². The van der Waals surface area contributed by atoms with Gasteiger partial charge in [-0.05, 0) is 120 Å². The Morgan fingerprint density at radius 3 is 1.36 bits per heavy atom. The first-order chi connectivity index (χ1) is 20.9. The van der Waals surface area contributed by atoms with Crippen molar-refractivity contribution in [3.05, 3.63) is 94.1 Å². The van der Waals surface area contributed by atoms with Crippen LogP contribution >= 0.6 is 0 Å². The maximum Gasteiger partial charge on any atom is 0.123 e. The fraction of sp³-hybridized carbons (Fsp3) is 0.500. The molecule has 44 heavy (non-hydrogen) atoms. The highest BCUT2D eigenvalue weighted by molar-refractivity contribution is 5.53. The fourth-order valence-corrected chi connectivity index (χ4v) is 7.01. The van der Waals surface area contributed by atoms with Crippen molar-refractivity contribution in [3.63, 3.8) is 0 Å². The first-order valence-electron chi connectivity index (χ1n) is 16.6. The molecule has 0 fully saturated rings. The van der Waals surface area contributed by atoms with E-state index in [1.807, 2.05) is 26.0 Å². The van der Waals surface area contributed by atoms with Gasteiger partial charge in [0.1, 0.15) is 23.0 Å². The van der Waals surface area contributed by atoms with E-state index in [1.54, 1.807) is 12.1 Å². The second kappa shape index (κ2) is 16.1. The van der Waals surface area contributed by atoms with E-state index in [-0.39, 0.29) is 46.7 Å². The van der Waals surface area contributed by atoms with E-state index in [9.17, 15) is 20.4 Å². The molecular weight excluding hydrogens is 544 g/mol. The van der Waals surface area contributed by atoms with Gasteiger partial charge in [-0.1, -0.05) is 80.7 Å². The van der Waals surface area contributed by atoms with Crippen molar-refractivity contribution in [2.24, 2.45) is 11.8 Å². The van der Waals surface area contributed by atoms with Crippen LogP contribution in [-0.4, -0.2) is 20.4 Å². The van der Waals surface area contributed by atoms with Crippen LogP contribution in [0.5, 0.6) is 23.0 Å². The number of hydrogen-bond donors (Lipinski definition) is 4. The van der Waals surface area contributed by atoms with Crippen molar-refractivity contribution in [1.82, 2.24) is 0 Å². The Bertz CT molecular complexity index is 1330. The molecule has 0 saturated carbocycles. The summed E-state index contributed by atoms with van der Waals surface area (Å²) in [4.78, 5) is 0. The number of benzene rings is 2. The van der Waals surface area contributed by atoms with Crippen LogP contribution in [0.2, 0.25) is 0 Å². The highest BCUT2D eigenvalue weighted by Gasteiger charge is 2.31. The van der Waals surface area contributed by atoms with E-state index in [2.05, 4.69) is 53.0 Å². The summed E-state index contributed by atoms with van der Waals surface area (Å²) in [7, 11) is 0. The van der Waals surface area contributed by atoms with Crippen LogP contribution < -0.4 is 0 Å². The molecule has 0 unspecified atom stereocenters. The number of unbranched alkanes of at least 4 members (excludes halogenated alkanes) is 2. The van der Waals surface area contributed by atoms with Gasteiger partial charge in [-0.15, -0.1) is 0 Å². The van der Waals surface area contributed by atoms with Crippen LogP contribution in [0.15, 0.2) is 71.9 Å². The SMILES string of the molecule is C=C(C)[C@@H]1CCC(C)=C[C@H]1c1c(O)cc(CCC)cc1O.C=C(C)[C@@H]1CCC(C)=C[C@H]1c1c(O)cc(CCCCC)cc1O. The Kier molecular flexibility index (Phi) is 12.8. The summed E-state index contributed by atoms with van der Waals surface area (Å²) in [6.45, 7) is 20.8. The topological polar surface area (TPSA) is 80.9 Å². The van der Waals surface area contributed by atoms with Crippen LogP contribution in [-0.2, 0) is 12.8 Å². The minimum atomic E-state index is 0.0194. The van der Waals surface area contributed by atoms with Gasteiger partial charge in [-0.3, -0.25) is 0 Å². The Morgan fingerprint density at radius 1 is 0.636 bits per heavy atom. The summed E-state index contributed by atoms with van der Waals surface area (Å²) in [5.74, 6) is 1.46. The average molecular weight is 601 g/mol. The Labute approximate surface area is 266 Å². The zero-order chi connectivity index (χ0) is 32.6. The number of rotatable bonds is 10. The number of phenolic OH excluding ortho intramolecular Hbond substituents is 4. The van der Waals surface area contributed by atoms with Gasteiger partial charge in [0, 0.05) is 23.0 Å². The zero-order valence-corrected chi connectivity index (χ0v) is 28.0. The lowest BCUT2D eigenvalue weighted by Gasteiger charge is -2.31. The van der Waals surface area contributed by atoms with Gasteiger partial charge in [-0.2, -0.15) is 0 Å². The number of aryl methyl sites for hydroxylation is 2. The number of hydrogen-bond acceptors (Lipinski definition) is 4. The molecule has 0 heterocycles. The van der Waals surface area contributed by atoms with Gasteiger partial charge < -0.3 is 20.4 Å². The van der Waals surface area contributed by atoms with Crippen LogP contribution in [0.3, 0.4) is 0 Å². The normalized spacial score (nSPS) is 21.5. The third-order valence-electron chi connectivity index (χ3n) is 9.43. The van der Waals surface area contributed by atoms with Gasteiger partial charge >= 0.3 is 0 Å². The monoisotopic (exact) mass is 600 g/mol. The van der Waals surface area contributed by atoms with Gasteiger partial charge in [-0.25, -0.2) is 0 Å². The minimum absolute atomic E-state index is 0.0194. The summed E-state index contributed by atoms with van der Waals surface area (Å²) in [5.41, 5.74) is 8.18. The molecule has 0 saturated heterocycles. The summed E-state index contributed by atoms with van der Waals surface area (Å²) in [5, 5.41) is 41.9. The fourth-order valence-electron chi connectivity index (χ4n) is 7.01. The maximum atomic E-state index is 10.5. The van der Waals surface area contributed by atoms with Gasteiger partial charge in [0.05, 0.1) is 0 Å². The second-order valence-corrected chi connectivity index (χ2v) is 13.4. The molecule has 0 amide bonds. The molecule has 240 valence electrons. The van der Waals surface area contributed by atoms with E-state index in [4.69, 9.17) is 0 Å². The molecule has 4 rings (SSSR count). The van der Waals surface area contributed by atoms with Crippen molar-refractivity contribution < 1.29 is 20.4 Å². The molecule has 4 N–H and O–H groups in total. The van der Waals surface area contributed by atoms with Crippen LogP contribution in [0, 0.1) is 11.8 Å². The molecule has 2 aromatic carbocycles. The Morgan fingerprint density at radius 2 is 1.02 bits per heavy atom. The third-order valence-corrected chi connectivity index (χ3v) is 9.43. The Hall–Kier alpha value is -3.40. The van der Waals surface area contributed by atoms with Gasteiger partial charge in [0.15, 0.2) is 0 Å². The molecule has 0 bridgehead atoms. The molecule has 4 atom stereocenters. The molecule has 2 aliphatic carbocycles. The summed E-state index contributed by atoms with van der Waals surface area (Å²) >= 11 is 0. The molecule has 4 heteroatoms. The van der Waals surface area contributed by atoms with Crippen molar-refractivity contribution >= 4 is 0 Å². The highest BCUT2D eigenvalue weighted by atomic mass is 16.3. The number of aromatic hydroxyl groups is 4. The lowest BCUT2D eigenvalue weighted by atomic mass is 9.73. The van der Waals surface area contributed by atoms with Crippen molar-refractivity contribution in [3.8, 4) is 23.0 Å². The summed E-state index contributed by atoms with van der Waals surface area (Å²) in [6.07, 6.45) is 14.7. The quantitative estimate of drug-likeness (QED) is 0.161. The average Bonchev–Trinajstić information content (AvgIpc) is 2.93. The van der Waals surface area contributed by atoms with Crippen LogP contribution in [0.1, 0.15) is 127 Å². The predicted octanol–water partition coefficient (Wildman–Crippen LogP) is 10.9. The standard InChI is InChI=1S/C21H30O2.C19H26O2/c1-5-6-7-8-16-12-19(22)21(20(23)13-16)18-11-15(4)9-10-17(18)14(2)3;1-5-6-14-10-17(20)19(18(21)11-14)16-9-13(4)7-8-15(16)12(2)3/h11-13,17-18,22-23H,2,5-10H2,1,3-4H3;9-11,15-16,20-21H,2,5-8H2,1,3-4H3/t17-,18+;15-,16+/m00/s1. The molecule has 4 nitrogen and oxygen atoms in total. The van der Waals surface area contributed by atoms with Crippen LogP contribution in [0.4, 0.5) is 0 Å². The lowest BCUT2D eigenvalue weighted by Crippen LogP contribution is -2.17. The highest BCUT2D eigenvalue weighted by Crippen LogP contribution is 2.48.